The molecule has 12 nitrogen and oxygen atoms in total. The lowest BCUT2D eigenvalue weighted by Gasteiger charge is -2.44. The van der Waals surface area contributed by atoms with Gasteiger partial charge in [-0.3, -0.25) is 24.3 Å². The topological polar surface area (TPSA) is 129 Å². The molecule has 4 amide bonds. The first-order valence-electron chi connectivity index (χ1n) is 16.5. The number of hydrogen-bond acceptors (Lipinski definition) is 9. The number of piperazine rings is 2. The summed E-state index contributed by atoms with van der Waals surface area (Å²) in [5.41, 5.74) is 5.61. The van der Waals surface area contributed by atoms with Gasteiger partial charge in [-0.15, -0.1) is 0 Å². The zero-order valence-electron chi connectivity index (χ0n) is 29.5. The number of carbonyl (C=O) groups is 4. The van der Waals surface area contributed by atoms with Crippen LogP contribution in [0.2, 0.25) is 0 Å². The molecule has 258 valence electrons. The SMILES string of the molecule is C[C@@H]1CN(C(=O)OC(C)(C)C)C[C@H](C)N1CCN.C[C@@H]1CN(C(=O)OC(C)(C)C)C[C@H](C)N1CCN1C(=O)c2ccccc2C1=O. The Balaban J connectivity index is 0.000000277. The van der Waals surface area contributed by atoms with E-state index in [1.807, 2.05) is 41.5 Å². The van der Waals surface area contributed by atoms with Gasteiger partial charge < -0.3 is 25.0 Å². The molecular weight excluding hydrogens is 588 g/mol. The van der Waals surface area contributed by atoms with Gasteiger partial charge in [0.2, 0.25) is 0 Å². The van der Waals surface area contributed by atoms with Gasteiger partial charge in [-0.25, -0.2) is 9.59 Å². The normalized spacial score (nSPS) is 24.4. The Labute approximate surface area is 275 Å². The van der Waals surface area contributed by atoms with Crippen LogP contribution in [0.4, 0.5) is 9.59 Å². The summed E-state index contributed by atoms with van der Waals surface area (Å²) in [6, 6.07) is 7.79. The van der Waals surface area contributed by atoms with Crippen molar-refractivity contribution in [2.45, 2.75) is 105 Å². The molecule has 0 unspecified atom stereocenters. The Bertz CT molecular complexity index is 1180. The van der Waals surface area contributed by atoms with Crippen molar-refractivity contribution in [3.05, 3.63) is 35.4 Å². The van der Waals surface area contributed by atoms with Crippen molar-refractivity contribution in [3.8, 4) is 0 Å². The van der Waals surface area contributed by atoms with Crippen LogP contribution in [0.3, 0.4) is 0 Å². The van der Waals surface area contributed by atoms with Gasteiger partial charge in [-0.2, -0.15) is 0 Å². The molecule has 0 radical (unpaired) electrons. The van der Waals surface area contributed by atoms with Gasteiger partial charge in [0, 0.05) is 76.5 Å². The second kappa shape index (κ2) is 15.1. The number of amides is 4. The van der Waals surface area contributed by atoms with Crippen LogP contribution in [0.15, 0.2) is 24.3 Å². The molecule has 2 fully saturated rings. The van der Waals surface area contributed by atoms with Crippen LogP contribution < -0.4 is 5.73 Å². The van der Waals surface area contributed by atoms with Gasteiger partial charge in [0.05, 0.1) is 11.1 Å². The van der Waals surface area contributed by atoms with Crippen LogP contribution in [0.25, 0.3) is 0 Å². The lowest BCUT2D eigenvalue weighted by molar-refractivity contribution is -0.00872. The van der Waals surface area contributed by atoms with Crippen LogP contribution in [0.5, 0.6) is 0 Å². The summed E-state index contributed by atoms with van der Waals surface area (Å²) in [4.78, 5) is 58.9. The van der Waals surface area contributed by atoms with Crippen molar-refractivity contribution in [2.24, 2.45) is 5.73 Å². The van der Waals surface area contributed by atoms with E-state index in [-0.39, 0.29) is 36.1 Å². The molecule has 0 aliphatic carbocycles. The first kappa shape index (κ1) is 37.2. The highest BCUT2D eigenvalue weighted by Gasteiger charge is 2.38. The Kier molecular flexibility index (Phi) is 12.2. The van der Waals surface area contributed by atoms with Crippen LogP contribution in [0.1, 0.15) is 90.0 Å². The number of fused-ring (bicyclic) bond motifs is 1. The molecule has 0 spiro atoms. The number of nitrogens with zero attached hydrogens (tertiary/aromatic N) is 5. The summed E-state index contributed by atoms with van der Waals surface area (Å²) in [7, 11) is 0. The Hall–Kier alpha value is -3.22. The molecule has 4 rings (SSSR count). The Morgan fingerprint density at radius 1 is 0.674 bits per heavy atom. The molecule has 3 aliphatic rings. The van der Waals surface area contributed by atoms with Crippen molar-refractivity contribution in [1.82, 2.24) is 24.5 Å². The first-order valence-corrected chi connectivity index (χ1v) is 16.5. The maximum Gasteiger partial charge on any atom is 0.410 e. The van der Waals surface area contributed by atoms with E-state index < -0.39 is 11.2 Å². The number of benzene rings is 1. The van der Waals surface area contributed by atoms with Crippen molar-refractivity contribution in [3.63, 3.8) is 0 Å². The van der Waals surface area contributed by atoms with Crippen molar-refractivity contribution in [2.75, 3.05) is 52.4 Å². The van der Waals surface area contributed by atoms with Crippen LogP contribution in [-0.4, -0.2) is 136 Å². The molecule has 2 saturated heterocycles. The van der Waals surface area contributed by atoms with Crippen LogP contribution >= 0.6 is 0 Å². The molecule has 4 atom stereocenters. The average Bonchev–Trinajstić information content (AvgIpc) is 3.17. The summed E-state index contributed by atoms with van der Waals surface area (Å²) in [5, 5.41) is 0. The lowest BCUT2D eigenvalue weighted by Crippen LogP contribution is -2.59. The van der Waals surface area contributed by atoms with Gasteiger partial charge in [-0.05, 0) is 81.4 Å². The Morgan fingerprint density at radius 2 is 1.02 bits per heavy atom. The van der Waals surface area contributed by atoms with Crippen LogP contribution in [0, 0.1) is 0 Å². The van der Waals surface area contributed by atoms with Gasteiger partial charge >= 0.3 is 12.2 Å². The highest BCUT2D eigenvalue weighted by Crippen LogP contribution is 2.24. The maximum atomic E-state index is 12.5. The van der Waals surface area contributed by atoms with Crippen molar-refractivity contribution < 1.29 is 28.7 Å². The lowest BCUT2D eigenvalue weighted by atomic mass is 10.1. The molecule has 2 N–H and O–H groups in total. The first-order chi connectivity index (χ1) is 21.3. The van der Waals surface area contributed by atoms with E-state index in [2.05, 4.69) is 37.5 Å². The molecule has 1 aromatic carbocycles. The third-order valence-corrected chi connectivity index (χ3v) is 8.35. The molecule has 3 aliphatic heterocycles. The van der Waals surface area contributed by atoms with Crippen LogP contribution in [-0.2, 0) is 9.47 Å². The minimum Gasteiger partial charge on any atom is -0.444 e. The van der Waals surface area contributed by atoms with E-state index in [0.29, 0.717) is 69.0 Å². The molecular formula is C34H56N6O6. The van der Waals surface area contributed by atoms with E-state index in [1.165, 1.54) is 4.90 Å². The van der Waals surface area contributed by atoms with Gasteiger partial charge in [0.15, 0.2) is 0 Å². The largest absolute Gasteiger partial charge is 0.444 e. The summed E-state index contributed by atoms with van der Waals surface area (Å²) < 4.78 is 10.9. The number of hydrogen-bond donors (Lipinski definition) is 1. The fourth-order valence-electron chi connectivity index (χ4n) is 6.35. The molecule has 0 bridgehead atoms. The number of imide groups is 1. The summed E-state index contributed by atoms with van der Waals surface area (Å²) in [5.74, 6) is -0.457. The summed E-state index contributed by atoms with van der Waals surface area (Å²) in [6.07, 6.45) is -0.514. The molecule has 1 aromatic rings. The minimum atomic E-state index is -0.522. The zero-order valence-corrected chi connectivity index (χ0v) is 29.5. The second-order valence-electron chi connectivity index (χ2n) is 14.7. The van der Waals surface area contributed by atoms with E-state index in [1.54, 1.807) is 34.1 Å². The monoisotopic (exact) mass is 644 g/mol. The number of nitrogens with two attached hydrogens (primary N) is 1. The molecule has 0 saturated carbocycles. The predicted octanol–water partition coefficient (Wildman–Crippen LogP) is 3.89. The van der Waals surface area contributed by atoms with E-state index in [9.17, 15) is 19.2 Å². The van der Waals surface area contributed by atoms with Gasteiger partial charge in [0.25, 0.3) is 11.8 Å². The summed E-state index contributed by atoms with van der Waals surface area (Å²) in [6.45, 7) is 24.6. The fraction of sp³-hybridized carbons (Fsp3) is 0.706. The van der Waals surface area contributed by atoms with Crippen molar-refractivity contribution >= 4 is 24.0 Å². The van der Waals surface area contributed by atoms with E-state index in [4.69, 9.17) is 15.2 Å². The van der Waals surface area contributed by atoms with Gasteiger partial charge in [0.1, 0.15) is 11.2 Å². The molecule has 3 heterocycles. The highest BCUT2D eigenvalue weighted by molar-refractivity contribution is 6.21. The number of ether oxygens (including phenoxy) is 2. The predicted molar refractivity (Wildman–Crippen MR) is 178 cm³/mol. The Morgan fingerprint density at radius 3 is 1.35 bits per heavy atom. The maximum absolute atomic E-state index is 12.5. The third-order valence-electron chi connectivity index (χ3n) is 8.35. The number of carbonyl (C=O) groups excluding carboxylic acids is 4. The molecule has 12 heteroatoms. The zero-order chi connectivity index (χ0) is 34.6. The molecule has 46 heavy (non-hydrogen) atoms. The summed E-state index contributed by atoms with van der Waals surface area (Å²) >= 11 is 0. The second-order valence-corrected chi connectivity index (χ2v) is 14.7. The quantitative estimate of drug-likeness (QED) is 0.475. The fourth-order valence-corrected chi connectivity index (χ4v) is 6.35. The minimum absolute atomic E-state index is 0.103. The van der Waals surface area contributed by atoms with E-state index in [0.717, 1.165) is 6.54 Å². The molecule has 0 aromatic heterocycles. The average molecular weight is 645 g/mol. The standard InChI is InChI=1S/C21H29N3O4.C13H27N3O2/c1-14-12-22(20(27)28-21(3,4)5)13-15(2)23(14)10-11-24-18(25)16-8-6-7-9-17(16)19(24)26;1-10-8-15(12(17)18-13(3,4)5)9-11(2)16(10)7-6-14/h6-9,14-15H,10-13H2,1-5H3;10-11H,6-9,14H2,1-5H3/t14-,15+;10-,11+. The number of rotatable bonds is 5. The smallest absolute Gasteiger partial charge is 0.410 e. The van der Waals surface area contributed by atoms with E-state index >= 15 is 0 Å². The highest BCUT2D eigenvalue weighted by atomic mass is 16.6. The van der Waals surface area contributed by atoms with Gasteiger partial charge in [-0.1, -0.05) is 12.1 Å². The third kappa shape index (κ3) is 9.65. The van der Waals surface area contributed by atoms with Crippen molar-refractivity contribution in [1.29, 1.82) is 0 Å².